The van der Waals surface area contributed by atoms with Gasteiger partial charge in [0, 0.05) is 31.3 Å². The second kappa shape index (κ2) is 7.63. The van der Waals surface area contributed by atoms with Crippen molar-refractivity contribution in [3.8, 4) is 0 Å². The van der Waals surface area contributed by atoms with Crippen molar-refractivity contribution in [2.24, 2.45) is 7.05 Å². The molecule has 5 nitrogen and oxygen atoms in total. The van der Waals surface area contributed by atoms with E-state index < -0.39 is 18.9 Å². The molecule has 1 aromatic carbocycles. The Morgan fingerprint density at radius 1 is 1.32 bits per heavy atom. The van der Waals surface area contributed by atoms with E-state index in [0.29, 0.717) is 18.7 Å². The van der Waals surface area contributed by atoms with Crippen LogP contribution in [-0.2, 0) is 20.0 Å². The Morgan fingerprint density at radius 2 is 2.08 bits per heavy atom. The summed E-state index contributed by atoms with van der Waals surface area (Å²) < 4.78 is 27.7. The van der Waals surface area contributed by atoms with Gasteiger partial charge in [0.05, 0.1) is 18.8 Å². The molecule has 2 aromatic rings. The third-order valence-corrected chi connectivity index (χ3v) is 4.55. The first kappa shape index (κ1) is 17.4. The molecule has 1 aliphatic rings. The number of amides is 2. The standard InChI is InChI=1S/C18H22F2N4O/c1-23-16-8-5-9-24(12-14(16)11-21-23)18(25)22-15(10-17(19)20)13-6-3-2-4-7-13/h2-4,6-7,11,15,17H,5,8-10,12H2,1H3,(H,22,25). The Labute approximate surface area is 145 Å². The Bertz CT molecular complexity index is 717. The van der Waals surface area contributed by atoms with E-state index >= 15 is 0 Å². The summed E-state index contributed by atoms with van der Waals surface area (Å²) >= 11 is 0. The average molecular weight is 348 g/mol. The molecule has 134 valence electrons. The number of alkyl halides is 2. The lowest BCUT2D eigenvalue weighted by molar-refractivity contribution is 0.120. The lowest BCUT2D eigenvalue weighted by atomic mass is 10.0. The van der Waals surface area contributed by atoms with Crippen LogP contribution < -0.4 is 5.32 Å². The van der Waals surface area contributed by atoms with E-state index in [-0.39, 0.29) is 6.03 Å². The Morgan fingerprint density at radius 3 is 2.80 bits per heavy atom. The molecule has 0 saturated heterocycles. The van der Waals surface area contributed by atoms with E-state index in [1.165, 1.54) is 0 Å². The van der Waals surface area contributed by atoms with Gasteiger partial charge in [-0.1, -0.05) is 30.3 Å². The largest absolute Gasteiger partial charge is 0.331 e. The van der Waals surface area contributed by atoms with Crippen LogP contribution in [0.3, 0.4) is 0 Å². The number of urea groups is 1. The molecule has 0 radical (unpaired) electrons. The van der Waals surface area contributed by atoms with Crippen molar-refractivity contribution in [3.63, 3.8) is 0 Å². The fraction of sp³-hybridized carbons (Fsp3) is 0.444. The van der Waals surface area contributed by atoms with Crippen molar-refractivity contribution in [2.75, 3.05) is 6.54 Å². The predicted molar refractivity (Wildman–Crippen MR) is 90.3 cm³/mol. The molecule has 1 N–H and O–H groups in total. The summed E-state index contributed by atoms with van der Waals surface area (Å²) in [5.74, 6) is 0. The maximum absolute atomic E-state index is 13.0. The number of benzene rings is 1. The van der Waals surface area contributed by atoms with Crippen LogP contribution in [0.5, 0.6) is 0 Å². The Kier molecular flexibility index (Phi) is 5.31. The second-order valence-electron chi connectivity index (χ2n) is 6.30. The number of hydrogen-bond donors (Lipinski definition) is 1. The second-order valence-corrected chi connectivity index (χ2v) is 6.30. The highest BCUT2D eigenvalue weighted by molar-refractivity contribution is 5.75. The molecule has 7 heteroatoms. The topological polar surface area (TPSA) is 50.2 Å². The number of carbonyl (C=O) groups is 1. The third-order valence-electron chi connectivity index (χ3n) is 4.55. The highest BCUT2D eigenvalue weighted by Crippen LogP contribution is 2.22. The molecular formula is C18H22F2N4O. The first-order chi connectivity index (χ1) is 12.0. The minimum absolute atomic E-state index is 0.314. The summed E-state index contributed by atoms with van der Waals surface area (Å²) in [5.41, 5.74) is 2.83. The minimum Gasteiger partial charge on any atom is -0.331 e. The highest BCUT2D eigenvalue weighted by atomic mass is 19.3. The van der Waals surface area contributed by atoms with E-state index in [0.717, 1.165) is 24.1 Å². The molecule has 0 bridgehead atoms. The van der Waals surface area contributed by atoms with Gasteiger partial charge in [0.2, 0.25) is 6.43 Å². The molecule has 1 unspecified atom stereocenters. The van der Waals surface area contributed by atoms with Gasteiger partial charge >= 0.3 is 6.03 Å². The third kappa shape index (κ3) is 4.15. The zero-order valence-electron chi connectivity index (χ0n) is 14.2. The van der Waals surface area contributed by atoms with Crippen LogP contribution in [0, 0.1) is 0 Å². The predicted octanol–water partition coefficient (Wildman–Crippen LogP) is 3.27. The molecule has 25 heavy (non-hydrogen) atoms. The quantitative estimate of drug-likeness (QED) is 0.922. The number of rotatable bonds is 4. The zero-order valence-corrected chi connectivity index (χ0v) is 14.2. The van der Waals surface area contributed by atoms with Crippen LogP contribution in [0.4, 0.5) is 13.6 Å². The summed E-state index contributed by atoms with van der Waals surface area (Å²) in [7, 11) is 1.89. The van der Waals surface area contributed by atoms with Gasteiger partial charge in [0.25, 0.3) is 0 Å². The molecule has 3 rings (SSSR count). The van der Waals surface area contributed by atoms with Gasteiger partial charge in [-0.25, -0.2) is 13.6 Å². The lowest BCUT2D eigenvalue weighted by Crippen LogP contribution is -2.41. The summed E-state index contributed by atoms with van der Waals surface area (Å²) in [6, 6.07) is 7.89. The first-order valence-electron chi connectivity index (χ1n) is 8.43. The normalized spacial score (nSPS) is 15.6. The molecular weight excluding hydrogens is 326 g/mol. The fourth-order valence-electron chi connectivity index (χ4n) is 3.24. The van der Waals surface area contributed by atoms with Gasteiger partial charge in [0.15, 0.2) is 0 Å². The number of fused-ring (bicyclic) bond motifs is 1. The number of aryl methyl sites for hydroxylation is 1. The summed E-state index contributed by atoms with van der Waals surface area (Å²) in [6.45, 7) is 1.04. The highest BCUT2D eigenvalue weighted by Gasteiger charge is 2.25. The van der Waals surface area contributed by atoms with Gasteiger partial charge in [-0.3, -0.25) is 4.68 Å². The smallest absolute Gasteiger partial charge is 0.318 e. The van der Waals surface area contributed by atoms with Crippen molar-refractivity contribution in [1.82, 2.24) is 20.0 Å². The van der Waals surface area contributed by atoms with Gasteiger partial charge < -0.3 is 10.2 Å². The van der Waals surface area contributed by atoms with Crippen LogP contribution in [0.15, 0.2) is 36.5 Å². The number of carbonyl (C=O) groups excluding carboxylic acids is 1. The van der Waals surface area contributed by atoms with E-state index in [2.05, 4.69) is 10.4 Å². The molecule has 1 aromatic heterocycles. The van der Waals surface area contributed by atoms with Crippen LogP contribution in [0.2, 0.25) is 0 Å². The summed E-state index contributed by atoms with van der Waals surface area (Å²) in [6.07, 6.45) is 0.565. The number of aromatic nitrogens is 2. The van der Waals surface area contributed by atoms with Crippen molar-refractivity contribution in [3.05, 3.63) is 53.3 Å². The van der Waals surface area contributed by atoms with E-state index in [9.17, 15) is 13.6 Å². The molecule has 0 fully saturated rings. The molecule has 0 aliphatic carbocycles. The Hall–Kier alpha value is -2.44. The lowest BCUT2D eigenvalue weighted by Gasteiger charge is -2.25. The van der Waals surface area contributed by atoms with E-state index in [1.54, 1.807) is 35.4 Å². The number of halogens is 2. The molecule has 1 aliphatic heterocycles. The van der Waals surface area contributed by atoms with Gasteiger partial charge in [0.1, 0.15) is 0 Å². The van der Waals surface area contributed by atoms with Crippen LogP contribution >= 0.6 is 0 Å². The van der Waals surface area contributed by atoms with E-state index in [4.69, 9.17) is 0 Å². The van der Waals surface area contributed by atoms with Crippen molar-refractivity contribution < 1.29 is 13.6 Å². The molecule has 0 spiro atoms. The SMILES string of the molecule is Cn1ncc2c1CCCN(C(=O)NC(CC(F)F)c1ccccc1)C2. The molecule has 1 atom stereocenters. The van der Waals surface area contributed by atoms with E-state index in [1.807, 2.05) is 17.8 Å². The van der Waals surface area contributed by atoms with Gasteiger partial charge in [-0.15, -0.1) is 0 Å². The minimum atomic E-state index is -2.49. The Balaban J connectivity index is 1.72. The monoisotopic (exact) mass is 348 g/mol. The number of nitrogens with one attached hydrogen (secondary N) is 1. The fourth-order valence-corrected chi connectivity index (χ4v) is 3.24. The number of nitrogens with zero attached hydrogens (tertiary/aromatic N) is 3. The number of hydrogen-bond acceptors (Lipinski definition) is 2. The van der Waals surface area contributed by atoms with Crippen LogP contribution in [0.25, 0.3) is 0 Å². The molecule has 2 amide bonds. The van der Waals surface area contributed by atoms with Crippen LogP contribution in [0.1, 0.15) is 35.7 Å². The maximum Gasteiger partial charge on any atom is 0.318 e. The average Bonchev–Trinajstić information content (AvgIpc) is 2.82. The molecule has 2 heterocycles. The van der Waals surface area contributed by atoms with Crippen molar-refractivity contribution in [2.45, 2.75) is 38.3 Å². The van der Waals surface area contributed by atoms with Crippen molar-refractivity contribution in [1.29, 1.82) is 0 Å². The first-order valence-corrected chi connectivity index (χ1v) is 8.43. The summed E-state index contributed by atoms with van der Waals surface area (Å²) in [4.78, 5) is 14.4. The molecule has 0 saturated carbocycles. The van der Waals surface area contributed by atoms with Crippen molar-refractivity contribution >= 4 is 6.03 Å². The van der Waals surface area contributed by atoms with Gasteiger partial charge in [-0.2, -0.15) is 5.10 Å². The van der Waals surface area contributed by atoms with Gasteiger partial charge in [-0.05, 0) is 18.4 Å². The maximum atomic E-state index is 13.0. The van der Waals surface area contributed by atoms with Crippen LogP contribution in [-0.4, -0.2) is 33.7 Å². The summed E-state index contributed by atoms with van der Waals surface area (Å²) in [5, 5.41) is 7.02. The zero-order chi connectivity index (χ0) is 17.8.